The lowest BCUT2D eigenvalue weighted by atomic mass is 10.2. The van der Waals surface area contributed by atoms with Gasteiger partial charge in [0.1, 0.15) is 11.5 Å². The number of hydrazone groups is 1. The molecule has 0 spiro atoms. The molecule has 0 saturated carbocycles. The van der Waals surface area contributed by atoms with Crippen LogP contribution in [-0.2, 0) is 4.79 Å². The third-order valence-electron chi connectivity index (χ3n) is 2.63. The normalized spacial score (nSPS) is 10.7. The zero-order valence-corrected chi connectivity index (χ0v) is 16.9. The van der Waals surface area contributed by atoms with Crippen molar-refractivity contribution in [2.75, 3.05) is 6.61 Å². The van der Waals surface area contributed by atoms with Crippen LogP contribution in [0.25, 0.3) is 0 Å². The Labute approximate surface area is 163 Å². The molecule has 0 aliphatic heterocycles. The molecule has 0 aromatic heterocycles. The summed E-state index contributed by atoms with van der Waals surface area (Å²) in [6, 6.07) is 10.7. The summed E-state index contributed by atoms with van der Waals surface area (Å²) in [7, 11) is 0. The number of carbonyl (C=O) groups is 1. The van der Waals surface area contributed by atoms with Crippen LogP contribution >= 0.6 is 54.5 Å². The number of halogens is 3. The van der Waals surface area contributed by atoms with Crippen LogP contribution in [0.1, 0.15) is 5.56 Å². The fourth-order valence-electron chi connectivity index (χ4n) is 1.55. The first-order valence-corrected chi connectivity index (χ1v) is 9.00. The number of phenols is 1. The Morgan fingerprint density at radius 2 is 1.87 bits per heavy atom. The molecule has 0 aliphatic rings. The molecule has 0 aliphatic carbocycles. The van der Waals surface area contributed by atoms with Crippen LogP contribution < -0.4 is 10.2 Å². The summed E-state index contributed by atoms with van der Waals surface area (Å²) in [4.78, 5) is 11.7. The van der Waals surface area contributed by atoms with Crippen LogP contribution in [0.4, 0.5) is 0 Å². The quantitative estimate of drug-likeness (QED) is 0.333. The Kier molecular flexibility index (Phi) is 6.85. The average Bonchev–Trinajstić information content (AvgIpc) is 2.52. The number of amides is 1. The largest absolute Gasteiger partial charge is 0.506 e. The van der Waals surface area contributed by atoms with E-state index >= 15 is 0 Å². The van der Waals surface area contributed by atoms with Crippen molar-refractivity contribution < 1.29 is 14.6 Å². The van der Waals surface area contributed by atoms with Crippen LogP contribution in [0.15, 0.2) is 50.4 Å². The van der Waals surface area contributed by atoms with Gasteiger partial charge in [-0.2, -0.15) is 5.10 Å². The van der Waals surface area contributed by atoms with Crippen molar-refractivity contribution in [2.45, 2.75) is 0 Å². The highest BCUT2D eigenvalue weighted by atomic mass is 127. The summed E-state index contributed by atoms with van der Waals surface area (Å²) < 4.78 is 7.49. The van der Waals surface area contributed by atoms with Gasteiger partial charge in [-0.1, -0.05) is 0 Å². The van der Waals surface area contributed by atoms with E-state index in [-0.39, 0.29) is 18.3 Å². The van der Waals surface area contributed by atoms with Crippen LogP contribution in [-0.4, -0.2) is 23.8 Å². The maximum absolute atomic E-state index is 11.7. The minimum atomic E-state index is -0.364. The second kappa shape index (κ2) is 8.65. The van der Waals surface area contributed by atoms with E-state index in [0.29, 0.717) is 20.3 Å². The van der Waals surface area contributed by atoms with E-state index in [4.69, 9.17) is 4.74 Å². The molecule has 2 rings (SSSR count). The second-order valence-corrected chi connectivity index (χ2v) is 7.32. The predicted octanol–water partition coefficient (Wildman–Crippen LogP) is 4.05. The van der Waals surface area contributed by atoms with E-state index < -0.39 is 0 Å². The third kappa shape index (κ3) is 5.78. The van der Waals surface area contributed by atoms with Crippen LogP contribution in [0, 0.1) is 3.57 Å². The molecule has 2 aromatic rings. The van der Waals surface area contributed by atoms with Crippen molar-refractivity contribution in [1.29, 1.82) is 0 Å². The minimum absolute atomic E-state index is 0.108. The molecule has 5 nitrogen and oxygen atoms in total. The van der Waals surface area contributed by atoms with Gasteiger partial charge in [-0.05, 0) is 96.4 Å². The van der Waals surface area contributed by atoms with Gasteiger partial charge in [0.05, 0.1) is 15.2 Å². The predicted molar refractivity (Wildman–Crippen MR) is 104 cm³/mol. The van der Waals surface area contributed by atoms with Crippen LogP contribution in [0.2, 0.25) is 0 Å². The first-order chi connectivity index (χ1) is 11.0. The molecule has 0 bridgehead atoms. The third-order valence-corrected chi connectivity index (χ3v) is 4.55. The molecule has 1 amide bonds. The van der Waals surface area contributed by atoms with Gasteiger partial charge in [0.2, 0.25) is 0 Å². The Balaban J connectivity index is 1.85. The second-order valence-electron chi connectivity index (χ2n) is 4.37. The summed E-state index contributed by atoms with van der Waals surface area (Å²) >= 11 is 8.64. The van der Waals surface area contributed by atoms with Gasteiger partial charge in [-0.25, -0.2) is 5.43 Å². The molecule has 2 aromatic carbocycles. The lowest BCUT2D eigenvalue weighted by Gasteiger charge is -2.05. The van der Waals surface area contributed by atoms with Gasteiger partial charge in [-0.3, -0.25) is 4.79 Å². The highest BCUT2D eigenvalue weighted by Crippen LogP contribution is 2.32. The topological polar surface area (TPSA) is 70.9 Å². The van der Waals surface area contributed by atoms with Crippen molar-refractivity contribution in [1.82, 2.24) is 5.43 Å². The van der Waals surface area contributed by atoms with Crippen molar-refractivity contribution in [3.63, 3.8) is 0 Å². The number of hydrogen-bond acceptors (Lipinski definition) is 4. The molecule has 0 atom stereocenters. The first kappa shape index (κ1) is 18.2. The van der Waals surface area contributed by atoms with Crippen molar-refractivity contribution in [3.8, 4) is 11.5 Å². The molecule has 8 heteroatoms. The van der Waals surface area contributed by atoms with Crippen molar-refractivity contribution in [2.24, 2.45) is 5.10 Å². The van der Waals surface area contributed by atoms with Gasteiger partial charge in [0.15, 0.2) is 6.61 Å². The van der Waals surface area contributed by atoms with E-state index in [0.717, 1.165) is 3.57 Å². The molecular formula is C15H11Br2IN2O3. The number of nitrogens with one attached hydrogen (secondary N) is 1. The molecule has 0 radical (unpaired) electrons. The fraction of sp³-hybridized carbons (Fsp3) is 0.0667. The van der Waals surface area contributed by atoms with Gasteiger partial charge in [0, 0.05) is 3.57 Å². The summed E-state index contributed by atoms with van der Waals surface area (Å²) in [5, 5.41) is 13.5. The lowest BCUT2D eigenvalue weighted by molar-refractivity contribution is -0.123. The Bertz CT molecular complexity index is 713. The SMILES string of the molecule is O=C(COc1ccc(I)cc1)N/N=C/c1cc(Br)c(O)c(Br)c1. The lowest BCUT2D eigenvalue weighted by Crippen LogP contribution is -2.24. The number of ether oxygens (including phenoxy) is 1. The maximum atomic E-state index is 11.7. The van der Waals surface area contributed by atoms with E-state index in [1.165, 1.54) is 6.21 Å². The zero-order chi connectivity index (χ0) is 16.8. The maximum Gasteiger partial charge on any atom is 0.277 e. The van der Waals surface area contributed by atoms with Crippen molar-refractivity contribution >= 4 is 66.6 Å². The smallest absolute Gasteiger partial charge is 0.277 e. The van der Waals surface area contributed by atoms with E-state index in [1.807, 2.05) is 12.1 Å². The fourth-order valence-corrected chi connectivity index (χ4v) is 3.13. The highest BCUT2D eigenvalue weighted by Gasteiger charge is 2.05. The van der Waals surface area contributed by atoms with Crippen LogP contribution in [0.5, 0.6) is 11.5 Å². The summed E-state index contributed by atoms with van der Waals surface area (Å²) in [5.74, 6) is 0.366. The minimum Gasteiger partial charge on any atom is -0.506 e. The van der Waals surface area contributed by atoms with Crippen molar-refractivity contribution in [3.05, 3.63) is 54.5 Å². The highest BCUT2D eigenvalue weighted by molar-refractivity contribution is 14.1. The molecular weight excluding hydrogens is 543 g/mol. The molecule has 0 unspecified atom stereocenters. The van der Waals surface area contributed by atoms with Gasteiger partial charge in [-0.15, -0.1) is 0 Å². The number of rotatable bonds is 5. The zero-order valence-electron chi connectivity index (χ0n) is 11.6. The summed E-state index contributed by atoms with van der Waals surface area (Å²) in [5.41, 5.74) is 3.09. The summed E-state index contributed by atoms with van der Waals surface area (Å²) in [6.07, 6.45) is 1.47. The number of benzene rings is 2. The standard InChI is InChI=1S/C15H11Br2IN2O3/c16-12-5-9(6-13(17)15(12)22)7-19-20-14(21)8-23-11-3-1-10(18)2-4-11/h1-7,22H,8H2,(H,20,21)/b19-7+. The molecule has 0 heterocycles. The monoisotopic (exact) mass is 552 g/mol. The van der Waals surface area contributed by atoms with E-state index in [2.05, 4.69) is 65.0 Å². The van der Waals surface area contributed by atoms with Crippen LogP contribution in [0.3, 0.4) is 0 Å². The first-order valence-electron chi connectivity index (χ1n) is 6.34. The molecule has 120 valence electrons. The number of hydrogen-bond donors (Lipinski definition) is 2. The Hall–Kier alpha value is -1.13. The number of phenolic OH excluding ortho intramolecular Hbond substituents is 1. The number of carbonyl (C=O) groups excluding carboxylic acids is 1. The number of aromatic hydroxyl groups is 1. The molecule has 2 N–H and O–H groups in total. The Morgan fingerprint density at radius 3 is 2.48 bits per heavy atom. The van der Waals surface area contributed by atoms with E-state index in [1.54, 1.807) is 24.3 Å². The van der Waals surface area contributed by atoms with Gasteiger partial charge >= 0.3 is 0 Å². The number of nitrogens with zero attached hydrogens (tertiary/aromatic N) is 1. The van der Waals surface area contributed by atoms with Gasteiger partial charge in [0.25, 0.3) is 5.91 Å². The molecule has 0 saturated heterocycles. The van der Waals surface area contributed by atoms with E-state index in [9.17, 15) is 9.90 Å². The average molecular weight is 554 g/mol. The molecule has 23 heavy (non-hydrogen) atoms. The molecule has 0 fully saturated rings. The van der Waals surface area contributed by atoms with Gasteiger partial charge < -0.3 is 9.84 Å². The summed E-state index contributed by atoms with van der Waals surface area (Å²) in [6.45, 7) is -0.124. The Morgan fingerprint density at radius 1 is 1.26 bits per heavy atom.